The van der Waals surface area contributed by atoms with Crippen molar-refractivity contribution in [3.63, 3.8) is 0 Å². The number of nitrogens with one attached hydrogen (secondary N) is 1. The van der Waals surface area contributed by atoms with Crippen molar-refractivity contribution < 1.29 is 17.9 Å². The molecule has 0 saturated carbocycles. The number of amides is 1. The minimum Gasteiger partial charge on any atom is -0.492 e. The van der Waals surface area contributed by atoms with Crippen LogP contribution in [0.1, 0.15) is 36.5 Å². The summed E-state index contributed by atoms with van der Waals surface area (Å²) in [6, 6.07) is 11.5. The first-order chi connectivity index (χ1) is 13.4. The van der Waals surface area contributed by atoms with Crippen molar-refractivity contribution in [1.82, 2.24) is 4.31 Å². The zero-order valence-corrected chi connectivity index (χ0v) is 18.1. The molecule has 0 unspecified atom stereocenters. The van der Waals surface area contributed by atoms with Gasteiger partial charge >= 0.3 is 0 Å². The largest absolute Gasteiger partial charge is 0.492 e. The highest BCUT2D eigenvalue weighted by Crippen LogP contribution is 2.30. The SMILES string of the molecule is CCOc1ccc(S(=O)(=O)N2CCCCC2)cc1NC(=O)c1ccc(Br)cc1. The van der Waals surface area contributed by atoms with Crippen LogP contribution in [0.15, 0.2) is 51.8 Å². The number of ether oxygens (including phenoxy) is 1. The lowest BCUT2D eigenvalue weighted by Crippen LogP contribution is -2.35. The van der Waals surface area contributed by atoms with Crippen molar-refractivity contribution >= 4 is 37.5 Å². The van der Waals surface area contributed by atoms with Crippen molar-refractivity contribution in [1.29, 1.82) is 0 Å². The smallest absolute Gasteiger partial charge is 0.255 e. The Hall–Kier alpha value is -1.90. The van der Waals surface area contributed by atoms with Gasteiger partial charge in [-0.1, -0.05) is 22.4 Å². The van der Waals surface area contributed by atoms with E-state index >= 15 is 0 Å². The van der Waals surface area contributed by atoms with Crippen LogP contribution < -0.4 is 10.1 Å². The van der Waals surface area contributed by atoms with E-state index in [2.05, 4.69) is 21.2 Å². The topological polar surface area (TPSA) is 75.7 Å². The molecule has 1 aliphatic rings. The highest BCUT2D eigenvalue weighted by atomic mass is 79.9. The van der Waals surface area contributed by atoms with Crippen molar-refractivity contribution in [3.05, 3.63) is 52.5 Å². The molecule has 28 heavy (non-hydrogen) atoms. The van der Waals surface area contributed by atoms with Gasteiger partial charge in [-0.2, -0.15) is 4.31 Å². The summed E-state index contributed by atoms with van der Waals surface area (Å²) in [7, 11) is -3.60. The third kappa shape index (κ3) is 4.74. The van der Waals surface area contributed by atoms with E-state index in [4.69, 9.17) is 4.74 Å². The molecule has 1 saturated heterocycles. The summed E-state index contributed by atoms with van der Waals surface area (Å²) >= 11 is 3.34. The fourth-order valence-electron chi connectivity index (χ4n) is 3.10. The lowest BCUT2D eigenvalue weighted by atomic mass is 10.2. The van der Waals surface area contributed by atoms with Gasteiger partial charge in [-0.3, -0.25) is 4.79 Å². The molecule has 0 spiro atoms. The average molecular weight is 467 g/mol. The zero-order valence-electron chi connectivity index (χ0n) is 15.7. The summed E-state index contributed by atoms with van der Waals surface area (Å²) in [6.45, 7) is 3.28. The quantitative estimate of drug-likeness (QED) is 0.689. The second kappa shape index (κ2) is 9.07. The van der Waals surface area contributed by atoms with Crippen LogP contribution >= 0.6 is 15.9 Å². The van der Waals surface area contributed by atoms with Crippen molar-refractivity contribution in [2.24, 2.45) is 0 Å². The number of halogens is 1. The first-order valence-corrected chi connectivity index (χ1v) is 11.5. The van der Waals surface area contributed by atoms with Crippen LogP contribution in [-0.4, -0.2) is 38.3 Å². The number of carbonyl (C=O) groups is 1. The van der Waals surface area contributed by atoms with Gasteiger partial charge in [0.2, 0.25) is 10.0 Å². The standard InChI is InChI=1S/C20H23BrN2O4S/c1-2-27-19-11-10-17(28(25,26)23-12-4-3-5-13-23)14-18(19)22-20(24)15-6-8-16(21)9-7-15/h6-11,14H,2-5,12-13H2,1H3,(H,22,24). The van der Waals surface area contributed by atoms with Gasteiger partial charge in [0, 0.05) is 23.1 Å². The van der Waals surface area contributed by atoms with E-state index in [9.17, 15) is 13.2 Å². The maximum Gasteiger partial charge on any atom is 0.255 e. The maximum atomic E-state index is 13.0. The van der Waals surface area contributed by atoms with Gasteiger partial charge in [0.05, 0.1) is 17.2 Å². The number of piperidine rings is 1. The molecule has 0 aliphatic carbocycles. The van der Waals surface area contributed by atoms with Gasteiger partial charge in [0.15, 0.2) is 0 Å². The number of hydrogen-bond donors (Lipinski definition) is 1. The van der Waals surface area contributed by atoms with Gasteiger partial charge in [0.1, 0.15) is 5.75 Å². The molecule has 6 nitrogen and oxygen atoms in total. The van der Waals surface area contributed by atoms with Crippen LogP contribution in [0.3, 0.4) is 0 Å². The first kappa shape index (κ1) is 20.8. The summed E-state index contributed by atoms with van der Waals surface area (Å²) in [4.78, 5) is 12.8. The maximum absolute atomic E-state index is 13.0. The molecule has 0 bridgehead atoms. The highest BCUT2D eigenvalue weighted by Gasteiger charge is 2.27. The van der Waals surface area contributed by atoms with Gasteiger partial charge in [-0.15, -0.1) is 0 Å². The number of rotatable bonds is 6. The van der Waals surface area contributed by atoms with E-state index in [1.807, 2.05) is 6.92 Å². The first-order valence-electron chi connectivity index (χ1n) is 9.25. The molecule has 0 atom stereocenters. The van der Waals surface area contributed by atoms with Gasteiger partial charge in [-0.05, 0) is 62.2 Å². The van der Waals surface area contributed by atoms with Gasteiger partial charge in [-0.25, -0.2) is 8.42 Å². The Morgan fingerprint density at radius 1 is 1.11 bits per heavy atom. The van der Waals surface area contributed by atoms with Crippen LogP contribution in [0.4, 0.5) is 5.69 Å². The third-order valence-corrected chi connectivity index (χ3v) is 6.98. The van der Waals surface area contributed by atoms with E-state index in [1.165, 1.54) is 16.4 Å². The molecule has 1 heterocycles. The molecule has 1 fully saturated rings. The Morgan fingerprint density at radius 3 is 2.43 bits per heavy atom. The van der Waals surface area contributed by atoms with Crippen molar-refractivity contribution in [2.45, 2.75) is 31.1 Å². The highest BCUT2D eigenvalue weighted by molar-refractivity contribution is 9.10. The zero-order chi connectivity index (χ0) is 20.1. The molecule has 3 rings (SSSR count). The minimum atomic E-state index is -3.60. The summed E-state index contributed by atoms with van der Waals surface area (Å²) in [6.07, 6.45) is 2.77. The predicted molar refractivity (Wildman–Crippen MR) is 112 cm³/mol. The molecule has 150 valence electrons. The Labute approximate surface area is 174 Å². The molecule has 8 heteroatoms. The molecular weight excluding hydrogens is 444 g/mol. The number of benzene rings is 2. The summed E-state index contributed by atoms with van der Waals surface area (Å²) in [5.41, 5.74) is 0.808. The molecule has 1 amide bonds. The summed E-state index contributed by atoms with van der Waals surface area (Å²) in [5, 5.41) is 2.78. The molecule has 2 aromatic rings. The van der Waals surface area contributed by atoms with E-state index < -0.39 is 10.0 Å². The Morgan fingerprint density at radius 2 is 1.79 bits per heavy atom. The predicted octanol–water partition coefficient (Wildman–Crippen LogP) is 4.27. The fraction of sp³-hybridized carbons (Fsp3) is 0.350. The second-order valence-electron chi connectivity index (χ2n) is 6.52. The number of hydrogen-bond acceptors (Lipinski definition) is 4. The van der Waals surface area contributed by atoms with Crippen molar-refractivity contribution in [3.8, 4) is 5.75 Å². The molecule has 0 aromatic heterocycles. The fourth-order valence-corrected chi connectivity index (χ4v) is 4.91. The van der Waals surface area contributed by atoms with Crippen LogP contribution in [0, 0.1) is 0 Å². The molecular formula is C20H23BrN2O4S. The average Bonchev–Trinajstić information content (AvgIpc) is 2.70. The minimum absolute atomic E-state index is 0.156. The van der Waals surface area contributed by atoms with E-state index in [1.54, 1.807) is 30.3 Å². The molecule has 1 N–H and O–H groups in total. The number of nitrogens with zero attached hydrogens (tertiary/aromatic N) is 1. The lowest BCUT2D eigenvalue weighted by Gasteiger charge is -2.26. The van der Waals surface area contributed by atoms with Crippen LogP contribution in [0.5, 0.6) is 5.75 Å². The van der Waals surface area contributed by atoms with Gasteiger partial charge in [0.25, 0.3) is 5.91 Å². The Balaban J connectivity index is 1.91. The van der Waals surface area contributed by atoms with E-state index in [-0.39, 0.29) is 10.8 Å². The lowest BCUT2D eigenvalue weighted by molar-refractivity contribution is 0.102. The number of carbonyl (C=O) groups excluding carboxylic acids is 1. The molecule has 0 radical (unpaired) electrons. The summed E-state index contributed by atoms with van der Waals surface area (Å²) < 4.78 is 33.9. The van der Waals surface area contributed by atoms with E-state index in [0.29, 0.717) is 36.7 Å². The van der Waals surface area contributed by atoms with E-state index in [0.717, 1.165) is 23.7 Å². The monoisotopic (exact) mass is 466 g/mol. The summed E-state index contributed by atoms with van der Waals surface area (Å²) in [5.74, 6) is 0.103. The third-order valence-electron chi connectivity index (χ3n) is 4.56. The molecule has 2 aromatic carbocycles. The molecule has 1 aliphatic heterocycles. The number of sulfonamides is 1. The van der Waals surface area contributed by atoms with Crippen LogP contribution in [0.25, 0.3) is 0 Å². The van der Waals surface area contributed by atoms with Crippen LogP contribution in [-0.2, 0) is 10.0 Å². The Kier molecular flexibility index (Phi) is 6.74. The normalized spacial score (nSPS) is 15.2. The van der Waals surface area contributed by atoms with Gasteiger partial charge < -0.3 is 10.1 Å². The Bertz CT molecular complexity index is 939. The number of anilines is 1. The second-order valence-corrected chi connectivity index (χ2v) is 9.37. The van der Waals surface area contributed by atoms with Crippen LogP contribution in [0.2, 0.25) is 0 Å². The van der Waals surface area contributed by atoms with Crippen molar-refractivity contribution in [2.75, 3.05) is 25.0 Å².